The second-order valence-corrected chi connectivity index (χ2v) is 7.51. The van der Waals surface area contributed by atoms with Crippen LogP contribution in [0.5, 0.6) is 0 Å². The zero-order valence-electron chi connectivity index (χ0n) is 12.2. The lowest BCUT2D eigenvalue weighted by Crippen LogP contribution is -2.39. The number of hydrogen-bond acceptors (Lipinski definition) is 4. The molecule has 1 aromatic rings. The zero-order chi connectivity index (χ0) is 14.1. The van der Waals surface area contributed by atoms with Crippen molar-refractivity contribution in [1.82, 2.24) is 10.3 Å². The third-order valence-corrected chi connectivity index (χ3v) is 5.60. The van der Waals surface area contributed by atoms with Gasteiger partial charge in [0.25, 0.3) is 0 Å². The average Bonchev–Trinajstić information content (AvgIpc) is 2.96. The number of carbonyl (C=O) groups excluding carboxylic acids is 1. The third-order valence-electron chi connectivity index (χ3n) is 4.38. The second-order valence-electron chi connectivity index (χ2n) is 6.45. The van der Waals surface area contributed by atoms with Crippen molar-refractivity contribution < 1.29 is 4.79 Å². The number of carbonyl (C=O) groups is 1. The smallest absolute Gasteiger partial charge is 0.226 e. The molecule has 2 unspecified atom stereocenters. The van der Waals surface area contributed by atoms with Crippen LogP contribution < -0.4 is 10.6 Å². The van der Waals surface area contributed by atoms with E-state index < -0.39 is 0 Å². The molecule has 0 radical (unpaired) electrons. The maximum absolute atomic E-state index is 12.1. The molecule has 1 amide bonds. The van der Waals surface area contributed by atoms with E-state index in [1.54, 1.807) is 11.3 Å². The fraction of sp³-hybridized carbons (Fsp3) is 0.733. The van der Waals surface area contributed by atoms with E-state index in [9.17, 15) is 4.79 Å². The summed E-state index contributed by atoms with van der Waals surface area (Å²) in [6, 6.07) is 1.30. The molecular weight excluding hydrogens is 270 g/mol. The first kappa shape index (κ1) is 14.0. The van der Waals surface area contributed by atoms with E-state index in [0.717, 1.165) is 18.0 Å². The highest BCUT2D eigenvalue weighted by Crippen LogP contribution is 2.33. The molecule has 2 aliphatic rings. The lowest BCUT2D eigenvalue weighted by Gasteiger charge is -2.28. The van der Waals surface area contributed by atoms with Crippen molar-refractivity contribution in [2.75, 3.05) is 5.32 Å². The molecule has 0 aliphatic carbocycles. The first-order valence-corrected chi connectivity index (χ1v) is 8.43. The van der Waals surface area contributed by atoms with Gasteiger partial charge in [-0.15, -0.1) is 11.3 Å². The Labute approximate surface area is 124 Å². The molecule has 0 saturated carbocycles. The van der Waals surface area contributed by atoms with Crippen LogP contribution >= 0.6 is 11.3 Å². The predicted molar refractivity (Wildman–Crippen MR) is 82.1 cm³/mol. The van der Waals surface area contributed by atoms with Crippen LogP contribution in [0.25, 0.3) is 0 Å². The van der Waals surface area contributed by atoms with Crippen LogP contribution in [-0.4, -0.2) is 23.0 Å². The molecule has 3 heterocycles. The van der Waals surface area contributed by atoms with Gasteiger partial charge in [0.1, 0.15) is 0 Å². The van der Waals surface area contributed by atoms with Gasteiger partial charge in [-0.25, -0.2) is 4.98 Å². The van der Waals surface area contributed by atoms with Gasteiger partial charge in [-0.1, -0.05) is 13.8 Å². The number of aromatic nitrogens is 1. The van der Waals surface area contributed by atoms with Gasteiger partial charge in [-0.2, -0.15) is 0 Å². The van der Waals surface area contributed by atoms with Gasteiger partial charge in [0.2, 0.25) is 5.91 Å². The van der Waals surface area contributed by atoms with Gasteiger partial charge in [0, 0.05) is 29.6 Å². The molecule has 2 N–H and O–H groups in total. The third kappa shape index (κ3) is 3.20. The fourth-order valence-corrected chi connectivity index (χ4v) is 4.22. The first-order chi connectivity index (χ1) is 9.60. The number of rotatable bonds is 4. The minimum Gasteiger partial charge on any atom is -0.311 e. The number of nitrogens with zero attached hydrogens (tertiary/aromatic N) is 1. The molecule has 1 aromatic heterocycles. The zero-order valence-corrected chi connectivity index (χ0v) is 13.0. The molecular formula is C15H23N3OS. The maximum Gasteiger partial charge on any atom is 0.226 e. The van der Waals surface area contributed by atoms with Gasteiger partial charge >= 0.3 is 0 Å². The van der Waals surface area contributed by atoms with E-state index in [4.69, 9.17) is 0 Å². The van der Waals surface area contributed by atoms with E-state index in [2.05, 4.69) is 29.5 Å². The summed E-state index contributed by atoms with van der Waals surface area (Å²) in [7, 11) is 0. The number of anilines is 1. The Balaban J connectivity index is 1.51. The Morgan fingerprint density at radius 1 is 1.45 bits per heavy atom. The molecule has 2 fully saturated rings. The Hall–Kier alpha value is -0.940. The number of amides is 1. The number of piperidine rings is 1. The van der Waals surface area contributed by atoms with Crippen molar-refractivity contribution in [2.24, 2.45) is 5.92 Å². The van der Waals surface area contributed by atoms with Gasteiger partial charge in [-0.05, 0) is 37.5 Å². The van der Waals surface area contributed by atoms with Crippen LogP contribution in [0.15, 0.2) is 6.20 Å². The molecule has 5 heteroatoms. The summed E-state index contributed by atoms with van der Waals surface area (Å²) in [4.78, 5) is 17.6. The molecule has 2 bridgehead atoms. The molecule has 20 heavy (non-hydrogen) atoms. The van der Waals surface area contributed by atoms with Crippen LogP contribution in [0.2, 0.25) is 0 Å². The highest BCUT2D eigenvalue weighted by molar-refractivity contribution is 7.15. The van der Waals surface area contributed by atoms with Crippen molar-refractivity contribution in [2.45, 2.75) is 64.0 Å². The summed E-state index contributed by atoms with van der Waals surface area (Å²) >= 11 is 1.59. The van der Waals surface area contributed by atoms with Crippen LogP contribution in [0.1, 0.15) is 56.7 Å². The van der Waals surface area contributed by atoms with Crippen molar-refractivity contribution in [3.63, 3.8) is 0 Å². The Morgan fingerprint density at radius 3 is 2.75 bits per heavy atom. The largest absolute Gasteiger partial charge is 0.311 e. The summed E-state index contributed by atoms with van der Waals surface area (Å²) in [6.07, 6.45) is 7.39. The van der Waals surface area contributed by atoms with Crippen LogP contribution in [0, 0.1) is 5.92 Å². The molecule has 3 rings (SSSR count). The van der Waals surface area contributed by atoms with E-state index >= 15 is 0 Å². The Morgan fingerprint density at radius 2 is 2.15 bits per heavy atom. The van der Waals surface area contributed by atoms with E-state index in [1.165, 1.54) is 17.7 Å². The topological polar surface area (TPSA) is 54.0 Å². The molecule has 0 aromatic carbocycles. The van der Waals surface area contributed by atoms with Crippen LogP contribution in [0.4, 0.5) is 5.13 Å². The van der Waals surface area contributed by atoms with Crippen molar-refractivity contribution in [3.05, 3.63) is 11.1 Å². The second kappa shape index (κ2) is 5.82. The summed E-state index contributed by atoms with van der Waals surface area (Å²) in [5.74, 6) is 1.14. The van der Waals surface area contributed by atoms with Crippen LogP contribution in [-0.2, 0) is 4.79 Å². The highest BCUT2D eigenvalue weighted by Gasteiger charge is 2.34. The van der Waals surface area contributed by atoms with Gasteiger partial charge in [0.05, 0.1) is 0 Å². The summed E-state index contributed by atoms with van der Waals surface area (Å²) in [5, 5.41) is 7.33. The first-order valence-electron chi connectivity index (χ1n) is 7.61. The molecule has 2 saturated heterocycles. The Bertz CT molecular complexity index is 473. The predicted octanol–water partition coefficient (Wildman–Crippen LogP) is 3.13. The lowest BCUT2D eigenvalue weighted by molar-refractivity contribution is -0.117. The number of thiazole rings is 1. The van der Waals surface area contributed by atoms with Gasteiger partial charge < -0.3 is 10.6 Å². The molecule has 4 nitrogen and oxygen atoms in total. The van der Waals surface area contributed by atoms with E-state index in [0.29, 0.717) is 30.3 Å². The standard InChI is InChI=1S/C15H23N3OS/c1-9(2)13-8-16-15(20-13)18-14(19)7-10-5-11-3-4-12(6-10)17-11/h8-12,17H,3-7H2,1-2H3,(H,16,18,19). The van der Waals surface area contributed by atoms with Crippen molar-refractivity contribution >= 4 is 22.4 Å². The van der Waals surface area contributed by atoms with Gasteiger partial charge in [-0.3, -0.25) is 4.79 Å². The molecule has 2 atom stereocenters. The lowest BCUT2D eigenvalue weighted by atomic mass is 9.89. The van der Waals surface area contributed by atoms with Crippen molar-refractivity contribution in [3.8, 4) is 0 Å². The van der Waals surface area contributed by atoms with E-state index in [1.807, 2.05) is 6.20 Å². The number of nitrogens with one attached hydrogen (secondary N) is 2. The molecule has 0 spiro atoms. The normalized spacial score (nSPS) is 28.9. The number of hydrogen-bond donors (Lipinski definition) is 2. The summed E-state index contributed by atoms with van der Waals surface area (Å²) in [6.45, 7) is 4.29. The van der Waals surface area contributed by atoms with E-state index in [-0.39, 0.29) is 5.91 Å². The minimum absolute atomic E-state index is 0.126. The highest BCUT2D eigenvalue weighted by atomic mass is 32.1. The maximum atomic E-state index is 12.1. The monoisotopic (exact) mass is 293 g/mol. The summed E-state index contributed by atoms with van der Waals surface area (Å²) in [5.41, 5.74) is 0. The van der Waals surface area contributed by atoms with Crippen molar-refractivity contribution in [1.29, 1.82) is 0 Å². The van der Waals surface area contributed by atoms with Crippen LogP contribution in [0.3, 0.4) is 0 Å². The molecule has 2 aliphatic heterocycles. The SMILES string of the molecule is CC(C)c1cnc(NC(=O)CC2CC3CCC(C2)N3)s1. The number of fused-ring (bicyclic) bond motifs is 2. The Kier molecular flexibility index (Phi) is 4.08. The average molecular weight is 293 g/mol. The minimum atomic E-state index is 0.126. The molecule has 110 valence electrons. The fourth-order valence-electron chi connectivity index (χ4n) is 3.39. The van der Waals surface area contributed by atoms with Gasteiger partial charge in [0.15, 0.2) is 5.13 Å². The quantitative estimate of drug-likeness (QED) is 0.897. The summed E-state index contributed by atoms with van der Waals surface area (Å²) < 4.78 is 0.